The third kappa shape index (κ3) is 3.39. The number of nitrogens with one attached hydrogen (secondary N) is 1. The maximum absolute atomic E-state index is 12.8. The largest absolute Gasteiger partial charge is 0.367 e. The minimum Gasteiger partial charge on any atom is -0.367 e. The molecular formula is C17H22N6O2. The van der Waals surface area contributed by atoms with Gasteiger partial charge in [-0.15, -0.1) is 0 Å². The molecule has 2 aliphatic rings. The second-order valence-electron chi connectivity index (χ2n) is 6.92. The summed E-state index contributed by atoms with van der Waals surface area (Å²) < 4.78 is 5.78. The van der Waals surface area contributed by atoms with Gasteiger partial charge in [0, 0.05) is 24.6 Å². The summed E-state index contributed by atoms with van der Waals surface area (Å²) in [6.45, 7) is 5.53. The van der Waals surface area contributed by atoms with Gasteiger partial charge in [-0.25, -0.2) is 15.0 Å². The van der Waals surface area contributed by atoms with E-state index in [0.717, 1.165) is 24.5 Å². The van der Waals surface area contributed by atoms with E-state index in [-0.39, 0.29) is 17.9 Å². The van der Waals surface area contributed by atoms with Crippen LogP contribution in [0, 0.1) is 0 Å². The van der Waals surface area contributed by atoms with Crippen LogP contribution in [-0.4, -0.2) is 55.7 Å². The zero-order valence-electron chi connectivity index (χ0n) is 14.5. The standard InChI is InChI=1S/C17H22N6O2/c1-10(2)14-20-16(22-21-14)13-9-23(7-8-25-13)17(24)12-5-6-18-15(19-12)11-3-4-11/h5-6,10-11,13H,3-4,7-9H2,1-2H3,(H,20,21,22)/t13-/m0/s1. The van der Waals surface area contributed by atoms with Gasteiger partial charge in [0.1, 0.15) is 17.6 Å². The number of aromatic amines is 1. The van der Waals surface area contributed by atoms with Crippen LogP contribution in [0.25, 0.3) is 0 Å². The first kappa shape index (κ1) is 16.1. The summed E-state index contributed by atoms with van der Waals surface area (Å²) >= 11 is 0. The molecule has 1 aliphatic carbocycles. The van der Waals surface area contributed by atoms with Crippen molar-refractivity contribution in [3.05, 3.63) is 35.4 Å². The molecule has 1 saturated heterocycles. The van der Waals surface area contributed by atoms with Crippen molar-refractivity contribution in [1.29, 1.82) is 0 Å². The molecule has 8 nitrogen and oxygen atoms in total. The van der Waals surface area contributed by atoms with Gasteiger partial charge >= 0.3 is 0 Å². The molecule has 1 saturated carbocycles. The molecule has 1 aliphatic heterocycles. The predicted octanol–water partition coefficient (Wildman–Crippen LogP) is 1.81. The van der Waals surface area contributed by atoms with Crippen LogP contribution in [0.3, 0.4) is 0 Å². The number of rotatable bonds is 4. The zero-order valence-corrected chi connectivity index (χ0v) is 14.5. The molecule has 1 N–H and O–H groups in total. The molecule has 8 heteroatoms. The average Bonchev–Trinajstić information content (AvgIpc) is 3.37. The Hall–Kier alpha value is -2.35. The van der Waals surface area contributed by atoms with Crippen LogP contribution < -0.4 is 0 Å². The minimum atomic E-state index is -0.289. The Kier molecular flexibility index (Phi) is 4.20. The zero-order chi connectivity index (χ0) is 17.4. The van der Waals surface area contributed by atoms with Gasteiger partial charge in [-0.3, -0.25) is 9.89 Å². The summed E-state index contributed by atoms with van der Waals surface area (Å²) in [6.07, 6.45) is 3.61. The molecule has 4 rings (SSSR count). The van der Waals surface area contributed by atoms with E-state index in [4.69, 9.17) is 4.74 Å². The van der Waals surface area contributed by atoms with Crippen molar-refractivity contribution >= 4 is 5.91 Å². The Bertz CT molecular complexity index is 770. The van der Waals surface area contributed by atoms with Crippen molar-refractivity contribution in [2.24, 2.45) is 0 Å². The fourth-order valence-corrected chi connectivity index (χ4v) is 2.88. The van der Waals surface area contributed by atoms with Crippen LogP contribution in [0.4, 0.5) is 0 Å². The molecule has 1 atom stereocenters. The van der Waals surface area contributed by atoms with Crippen molar-refractivity contribution in [2.75, 3.05) is 19.7 Å². The normalized spacial score (nSPS) is 20.9. The highest BCUT2D eigenvalue weighted by molar-refractivity contribution is 5.92. The molecule has 0 bridgehead atoms. The second-order valence-corrected chi connectivity index (χ2v) is 6.92. The number of amides is 1. The monoisotopic (exact) mass is 342 g/mol. The Balaban J connectivity index is 1.48. The number of hydrogen-bond acceptors (Lipinski definition) is 6. The maximum atomic E-state index is 12.8. The number of morpholine rings is 1. The number of H-pyrrole nitrogens is 1. The quantitative estimate of drug-likeness (QED) is 0.910. The lowest BCUT2D eigenvalue weighted by Crippen LogP contribution is -2.43. The number of aromatic nitrogens is 5. The molecule has 25 heavy (non-hydrogen) atoms. The Morgan fingerprint density at radius 3 is 2.92 bits per heavy atom. The Morgan fingerprint density at radius 2 is 2.20 bits per heavy atom. The SMILES string of the molecule is CC(C)c1n[nH]c([C@@H]2CN(C(=O)c3ccnc(C4CC4)n3)CCO2)n1. The minimum absolute atomic E-state index is 0.0822. The Labute approximate surface area is 146 Å². The first-order valence-electron chi connectivity index (χ1n) is 8.78. The molecule has 0 unspecified atom stereocenters. The number of ether oxygens (including phenoxy) is 1. The summed E-state index contributed by atoms with van der Waals surface area (Å²) in [5, 5.41) is 7.16. The molecule has 3 heterocycles. The lowest BCUT2D eigenvalue weighted by Gasteiger charge is -2.31. The molecule has 0 spiro atoms. The first-order valence-corrected chi connectivity index (χ1v) is 8.78. The van der Waals surface area contributed by atoms with Crippen LogP contribution in [0.1, 0.15) is 72.6 Å². The summed E-state index contributed by atoms with van der Waals surface area (Å²) in [5.41, 5.74) is 0.456. The van der Waals surface area contributed by atoms with Crippen LogP contribution >= 0.6 is 0 Å². The van der Waals surface area contributed by atoms with Gasteiger partial charge in [0.2, 0.25) is 0 Å². The van der Waals surface area contributed by atoms with E-state index in [9.17, 15) is 4.79 Å². The van der Waals surface area contributed by atoms with Gasteiger partial charge in [-0.1, -0.05) is 13.8 Å². The van der Waals surface area contributed by atoms with Crippen LogP contribution in [0.15, 0.2) is 12.3 Å². The third-order valence-corrected chi connectivity index (χ3v) is 4.53. The molecule has 1 amide bonds. The van der Waals surface area contributed by atoms with Crippen molar-refractivity contribution < 1.29 is 9.53 Å². The van der Waals surface area contributed by atoms with Crippen molar-refractivity contribution in [3.63, 3.8) is 0 Å². The average molecular weight is 342 g/mol. The molecule has 2 aromatic heterocycles. The van der Waals surface area contributed by atoms with E-state index in [1.54, 1.807) is 17.2 Å². The molecular weight excluding hydrogens is 320 g/mol. The van der Waals surface area contributed by atoms with E-state index >= 15 is 0 Å². The maximum Gasteiger partial charge on any atom is 0.272 e. The molecule has 0 aromatic carbocycles. The van der Waals surface area contributed by atoms with Gasteiger partial charge < -0.3 is 9.64 Å². The number of nitrogens with zero attached hydrogens (tertiary/aromatic N) is 5. The van der Waals surface area contributed by atoms with E-state index in [0.29, 0.717) is 37.1 Å². The van der Waals surface area contributed by atoms with Crippen LogP contribution in [0.2, 0.25) is 0 Å². The van der Waals surface area contributed by atoms with E-state index in [1.807, 2.05) is 13.8 Å². The molecule has 0 radical (unpaired) electrons. The van der Waals surface area contributed by atoms with Crippen molar-refractivity contribution in [2.45, 2.75) is 44.6 Å². The van der Waals surface area contributed by atoms with Gasteiger partial charge in [0.05, 0.1) is 13.2 Å². The number of carbonyl (C=O) groups is 1. The fraction of sp³-hybridized carbons (Fsp3) is 0.588. The molecule has 132 valence electrons. The summed E-state index contributed by atoms with van der Waals surface area (Å²) in [5.74, 6) is 2.80. The van der Waals surface area contributed by atoms with Gasteiger partial charge in [0.25, 0.3) is 5.91 Å². The molecule has 2 aromatic rings. The summed E-state index contributed by atoms with van der Waals surface area (Å²) in [4.78, 5) is 27.8. The number of carbonyl (C=O) groups excluding carboxylic acids is 1. The summed E-state index contributed by atoms with van der Waals surface area (Å²) in [7, 11) is 0. The van der Waals surface area contributed by atoms with Crippen molar-refractivity contribution in [1.82, 2.24) is 30.0 Å². The smallest absolute Gasteiger partial charge is 0.272 e. The summed E-state index contributed by atoms with van der Waals surface area (Å²) in [6, 6.07) is 1.68. The van der Waals surface area contributed by atoms with Crippen molar-refractivity contribution in [3.8, 4) is 0 Å². The van der Waals surface area contributed by atoms with Crippen LogP contribution in [-0.2, 0) is 4.74 Å². The number of hydrogen-bond donors (Lipinski definition) is 1. The van der Waals surface area contributed by atoms with E-state index in [1.165, 1.54) is 0 Å². The topological polar surface area (TPSA) is 96.9 Å². The highest BCUT2D eigenvalue weighted by atomic mass is 16.5. The Morgan fingerprint density at radius 1 is 1.36 bits per heavy atom. The lowest BCUT2D eigenvalue weighted by atomic mass is 10.2. The predicted molar refractivity (Wildman–Crippen MR) is 89.1 cm³/mol. The lowest BCUT2D eigenvalue weighted by molar-refractivity contribution is -0.0268. The highest BCUT2D eigenvalue weighted by Crippen LogP contribution is 2.37. The first-order chi connectivity index (χ1) is 12.1. The van der Waals surface area contributed by atoms with Gasteiger partial charge in [0.15, 0.2) is 11.6 Å². The van der Waals surface area contributed by atoms with E-state index < -0.39 is 0 Å². The van der Waals surface area contributed by atoms with Gasteiger partial charge in [-0.05, 0) is 18.9 Å². The second kappa shape index (κ2) is 6.51. The third-order valence-electron chi connectivity index (χ3n) is 4.53. The van der Waals surface area contributed by atoms with E-state index in [2.05, 4.69) is 25.1 Å². The van der Waals surface area contributed by atoms with Crippen LogP contribution in [0.5, 0.6) is 0 Å². The van der Waals surface area contributed by atoms with Gasteiger partial charge in [-0.2, -0.15) is 5.10 Å². The highest BCUT2D eigenvalue weighted by Gasteiger charge is 2.31. The molecule has 2 fully saturated rings. The fourth-order valence-electron chi connectivity index (χ4n) is 2.88.